The van der Waals surface area contributed by atoms with Crippen LogP contribution in [0.3, 0.4) is 0 Å². The zero-order valence-corrected chi connectivity index (χ0v) is 12.5. The molecule has 1 aromatic heterocycles. The van der Waals surface area contributed by atoms with Crippen LogP contribution >= 0.6 is 0 Å². The van der Waals surface area contributed by atoms with E-state index >= 15 is 0 Å². The third-order valence-corrected chi connectivity index (χ3v) is 3.91. The maximum atomic E-state index is 4.37. The van der Waals surface area contributed by atoms with Gasteiger partial charge in [-0.15, -0.1) is 0 Å². The zero-order valence-electron chi connectivity index (χ0n) is 12.5. The number of aromatic nitrogens is 3. The van der Waals surface area contributed by atoms with E-state index in [2.05, 4.69) is 64.8 Å². The summed E-state index contributed by atoms with van der Waals surface area (Å²) < 4.78 is 1.95. The van der Waals surface area contributed by atoms with Gasteiger partial charge in [-0.25, -0.2) is 4.98 Å². The first-order valence-corrected chi connectivity index (χ1v) is 7.34. The Balaban J connectivity index is 1.90. The number of rotatable bonds is 5. The van der Waals surface area contributed by atoms with Gasteiger partial charge >= 0.3 is 0 Å². The van der Waals surface area contributed by atoms with E-state index in [0.717, 1.165) is 18.8 Å². The van der Waals surface area contributed by atoms with Crippen LogP contribution in [-0.2, 0) is 13.0 Å². The van der Waals surface area contributed by atoms with Crippen molar-refractivity contribution in [2.45, 2.75) is 25.9 Å². The van der Waals surface area contributed by atoms with E-state index in [0.29, 0.717) is 0 Å². The second-order valence-corrected chi connectivity index (χ2v) is 5.14. The lowest BCUT2D eigenvalue weighted by atomic mass is 9.99. The Hall–Kier alpha value is -2.20. The summed E-state index contributed by atoms with van der Waals surface area (Å²) in [5.41, 5.74) is 1.28. The van der Waals surface area contributed by atoms with E-state index < -0.39 is 0 Å². The summed E-state index contributed by atoms with van der Waals surface area (Å²) >= 11 is 0. The van der Waals surface area contributed by atoms with Gasteiger partial charge in [0, 0.05) is 19.0 Å². The summed E-state index contributed by atoms with van der Waals surface area (Å²) in [6.07, 6.45) is 2.47. The molecule has 0 fully saturated rings. The van der Waals surface area contributed by atoms with Crippen LogP contribution in [0.5, 0.6) is 0 Å². The molecular formula is C17H20N4. The van der Waals surface area contributed by atoms with Crippen molar-refractivity contribution in [1.29, 1.82) is 0 Å². The van der Waals surface area contributed by atoms with Gasteiger partial charge in [0.2, 0.25) is 0 Å². The molecule has 4 heteroatoms. The minimum Gasteiger partial charge on any atom is -0.313 e. The zero-order chi connectivity index (χ0) is 14.7. The SMILES string of the molecule is CCn1ncnc1CC(NC)c1ccc2ccccc2c1. The number of hydrogen-bond donors (Lipinski definition) is 1. The van der Waals surface area contributed by atoms with E-state index in [-0.39, 0.29) is 6.04 Å². The van der Waals surface area contributed by atoms with E-state index in [1.807, 2.05) is 11.7 Å². The molecule has 1 N–H and O–H groups in total. The Morgan fingerprint density at radius 2 is 1.95 bits per heavy atom. The van der Waals surface area contributed by atoms with Crippen molar-refractivity contribution < 1.29 is 0 Å². The Bertz CT molecular complexity index is 732. The standard InChI is InChI=1S/C17H20N4/c1-3-21-17(19-12-20-21)11-16(18-2)15-9-8-13-6-4-5-7-14(13)10-15/h4-10,12,16,18H,3,11H2,1-2H3. The number of nitrogens with one attached hydrogen (secondary N) is 1. The van der Waals surface area contributed by atoms with Crippen LogP contribution in [0.2, 0.25) is 0 Å². The summed E-state index contributed by atoms with van der Waals surface area (Å²) in [6, 6.07) is 15.3. The van der Waals surface area contributed by atoms with Gasteiger partial charge in [-0.2, -0.15) is 5.10 Å². The fourth-order valence-electron chi connectivity index (χ4n) is 2.70. The molecule has 1 heterocycles. The number of aryl methyl sites for hydroxylation is 1. The van der Waals surface area contributed by atoms with Crippen LogP contribution in [0, 0.1) is 0 Å². The van der Waals surface area contributed by atoms with Gasteiger partial charge < -0.3 is 5.32 Å². The minimum atomic E-state index is 0.240. The molecule has 0 saturated carbocycles. The lowest BCUT2D eigenvalue weighted by Crippen LogP contribution is -2.21. The molecule has 0 amide bonds. The average molecular weight is 280 g/mol. The van der Waals surface area contributed by atoms with Crippen molar-refractivity contribution in [3.05, 3.63) is 60.2 Å². The van der Waals surface area contributed by atoms with Gasteiger partial charge in [-0.05, 0) is 36.4 Å². The first kappa shape index (κ1) is 13.8. The lowest BCUT2D eigenvalue weighted by Gasteiger charge is -2.17. The molecule has 0 aliphatic heterocycles. The highest BCUT2D eigenvalue weighted by Gasteiger charge is 2.14. The van der Waals surface area contributed by atoms with Crippen LogP contribution in [0.4, 0.5) is 0 Å². The average Bonchev–Trinajstić information content (AvgIpc) is 2.99. The smallest absolute Gasteiger partial charge is 0.138 e. The monoisotopic (exact) mass is 280 g/mol. The summed E-state index contributed by atoms with van der Waals surface area (Å²) in [5, 5.41) is 10.2. The molecule has 0 radical (unpaired) electrons. The van der Waals surface area contributed by atoms with Crippen LogP contribution in [0.25, 0.3) is 10.8 Å². The molecule has 0 aliphatic rings. The first-order valence-electron chi connectivity index (χ1n) is 7.34. The first-order chi connectivity index (χ1) is 10.3. The molecule has 1 atom stereocenters. The molecule has 0 aliphatic carbocycles. The highest BCUT2D eigenvalue weighted by atomic mass is 15.3. The minimum absolute atomic E-state index is 0.240. The Kier molecular flexibility index (Phi) is 3.97. The van der Waals surface area contributed by atoms with E-state index in [4.69, 9.17) is 0 Å². The third-order valence-electron chi connectivity index (χ3n) is 3.91. The summed E-state index contributed by atoms with van der Waals surface area (Å²) in [7, 11) is 1.99. The largest absolute Gasteiger partial charge is 0.313 e. The molecule has 21 heavy (non-hydrogen) atoms. The second-order valence-electron chi connectivity index (χ2n) is 5.14. The summed E-state index contributed by atoms with van der Waals surface area (Å²) in [4.78, 5) is 4.37. The van der Waals surface area contributed by atoms with Crippen LogP contribution in [0.1, 0.15) is 24.4 Å². The van der Waals surface area contributed by atoms with Crippen molar-refractivity contribution in [3.63, 3.8) is 0 Å². The third kappa shape index (κ3) is 2.81. The van der Waals surface area contributed by atoms with Crippen molar-refractivity contribution >= 4 is 10.8 Å². The Morgan fingerprint density at radius 3 is 2.71 bits per heavy atom. The van der Waals surface area contributed by atoms with Crippen LogP contribution in [-0.4, -0.2) is 21.8 Å². The summed E-state index contributed by atoms with van der Waals surface area (Å²) in [5.74, 6) is 1.02. The van der Waals surface area contributed by atoms with Crippen LogP contribution in [0.15, 0.2) is 48.8 Å². The second kappa shape index (κ2) is 6.06. The van der Waals surface area contributed by atoms with E-state index in [1.165, 1.54) is 16.3 Å². The van der Waals surface area contributed by atoms with Gasteiger partial charge in [0.05, 0.1) is 0 Å². The number of nitrogens with zero attached hydrogens (tertiary/aromatic N) is 3. The van der Waals surface area contributed by atoms with Crippen molar-refractivity contribution in [3.8, 4) is 0 Å². The molecule has 2 aromatic carbocycles. The Morgan fingerprint density at radius 1 is 1.14 bits per heavy atom. The molecular weight excluding hydrogens is 260 g/mol. The molecule has 3 rings (SSSR count). The van der Waals surface area contributed by atoms with Crippen LogP contribution < -0.4 is 5.32 Å². The predicted octanol–water partition coefficient (Wildman–Crippen LogP) is 2.95. The normalized spacial score (nSPS) is 12.7. The predicted molar refractivity (Wildman–Crippen MR) is 85.1 cm³/mol. The van der Waals surface area contributed by atoms with Crippen molar-refractivity contribution in [2.75, 3.05) is 7.05 Å². The number of hydrogen-bond acceptors (Lipinski definition) is 3. The molecule has 108 valence electrons. The molecule has 1 unspecified atom stereocenters. The quantitative estimate of drug-likeness (QED) is 0.781. The topological polar surface area (TPSA) is 42.7 Å². The van der Waals surface area contributed by atoms with Gasteiger partial charge in [0.25, 0.3) is 0 Å². The molecule has 0 bridgehead atoms. The van der Waals surface area contributed by atoms with Gasteiger partial charge in [0.15, 0.2) is 0 Å². The highest BCUT2D eigenvalue weighted by Crippen LogP contribution is 2.22. The fourth-order valence-corrected chi connectivity index (χ4v) is 2.70. The van der Waals surface area contributed by atoms with Crippen molar-refractivity contribution in [1.82, 2.24) is 20.1 Å². The molecule has 3 aromatic rings. The number of benzene rings is 2. The molecule has 4 nitrogen and oxygen atoms in total. The Labute approximate surface area is 124 Å². The van der Waals surface area contributed by atoms with Crippen molar-refractivity contribution in [2.24, 2.45) is 0 Å². The summed E-state index contributed by atoms with van der Waals surface area (Å²) in [6.45, 7) is 2.94. The lowest BCUT2D eigenvalue weighted by molar-refractivity contribution is 0.534. The van der Waals surface area contributed by atoms with Gasteiger partial charge in [0.1, 0.15) is 12.2 Å². The maximum Gasteiger partial charge on any atom is 0.138 e. The maximum absolute atomic E-state index is 4.37. The van der Waals surface area contributed by atoms with E-state index in [9.17, 15) is 0 Å². The van der Waals surface area contributed by atoms with E-state index in [1.54, 1.807) is 6.33 Å². The molecule has 0 saturated heterocycles. The van der Waals surface area contributed by atoms with Gasteiger partial charge in [-0.1, -0.05) is 36.4 Å². The highest BCUT2D eigenvalue weighted by molar-refractivity contribution is 5.83. The number of fused-ring (bicyclic) bond motifs is 1. The molecule has 0 spiro atoms. The fraction of sp³-hybridized carbons (Fsp3) is 0.294. The van der Waals surface area contributed by atoms with Gasteiger partial charge in [-0.3, -0.25) is 4.68 Å². The number of likely N-dealkylation sites (N-methyl/N-ethyl adjacent to an activating group) is 1.